The van der Waals surface area contributed by atoms with Gasteiger partial charge in [-0.1, -0.05) is 12.2 Å². The first-order chi connectivity index (χ1) is 8.61. The molecule has 1 saturated heterocycles. The fourth-order valence-corrected chi connectivity index (χ4v) is 2.32. The van der Waals surface area contributed by atoms with E-state index in [0.717, 1.165) is 11.4 Å². The van der Waals surface area contributed by atoms with Crippen molar-refractivity contribution >= 4 is 23.0 Å². The highest BCUT2D eigenvalue weighted by Crippen LogP contribution is 2.21. The molecule has 98 valence electrons. The largest absolute Gasteiger partial charge is 0.394 e. The summed E-state index contributed by atoms with van der Waals surface area (Å²) in [5.74, 6) is 0.763. The van der Waals surface area contributed by atoms with Crippen molar-refractivity contribution in [3.05, 3.63) is 23.9 Å². The third kappa shape index (κ3) is 2.77. The Labute approximate surface area is 112 Å². The second-order valence-corrected chi connectivity index (χ2v) is 4.83. The summed E-state index contributed by atoms with van der Waals surface area (Å²) in [6.07, 6.45) is 1.55. The highest BCUT2D eigenvalue weighted by Gasteiger charge is 2.27. The van der Waals surface area contributed by atoms with Crippen LogP contribution in [0.5, 0.6) is 0 Å². The normalized spacial score (nSPS) is 24.0. The molecule has 0 aromatic carbocycles. The number of hydrogen-bond donors (Lipinski definition) is 2. The molecule has 0 aliphatic carbocycles. The highest BCUT2D eigenvalue weighted by atomic mass is 32.1. The number of aliphatic hydroxyl groups excluding tert-OH is 1. The molecule has 1 fully saturated rings. The molecular formula is C12H17N3O2S. The number of rotatable bonds is 3. The summed E-state index contributed by atoms with van der Waals surface area (Å²) in [5, 5.41) is 9.23. The molecule has 0 spiro atoms. The van der Waals surface area contributed by atoms with Crippen LogP contribution >= 0.6 is 12.2 Å². The molecule has 1 aliphatic rings. The topological polar surface area (TPSA) is 71.6 Å². The second-order valence-electron chi connectivity index (χ2n) is 4.40. The van der Waals surface area contributed by atoms with Gasteiger partial charge in [0.15, 0.2) is 0 Å². The Morgan fingerprint density at radius 2 is 2.44 bits per heavy atom. The van der Waals surface area contributed by atoms with Gasteiger partial charge in [-0.15, -0.1) is 0 Å². The molecule has 2 rings (SSSR count). The van der Waals surface area contributed by atoms with E-state index in [2.05, 4.69) is 9.88 Å². The van der Waals surface area contributed by atoms with Crippen molar-refractivity contribution in [2.75, 3.05) is 24.6 Å². The van der Waals surface area contributed by atoms with Crippen LogP contribution in [0.1, 0.15) is 12.5 Å². The van der Waals surface area contributed by atoms with Crippen LogP contribution in [0.25, 0.3) is 0 Å². The number of hydrogen-bond acceptors (Lipinski definition) is 5. The number of nitrogens with zero attached hydrogens (tertiary/aromatic N) is 2. The van der Waals surface area contributed by atoms with E-state index >= 15 is 0 Å². The highest BCUT2D eigenvalue weighted by molar-refractivity contribution is 7.80. The predicted octanol–water partition coefficient (Wildman–Crippen LogP) is 0.302. The summed E-state index contributed by atoms with van der Waals surface area (Å²) in [7, 11) is 0. The lowest BCUT2D eigenvalue weighted by atomic mass is 10.2. The van der Waals surface area contributed by atoms with Crippen LogP contribution in [0, 0.1) is 0 Å². The van der Waals surface area contributed by atoms with Crippen LogP contribution in [0.15, 0.2) is 18.3 Å². The van der Waals surface area contributed by atoms with Gasteiger partial charge in [0.1, 0.15) is 10.8 Å². The summed E-state index contributed by atoms with van der Waals surface area (Å²) in [6.45, 7) is 3.27. The van der Waals surface area contributed by atoms with E-state index in [4.69, 9.17) is 22.7 Å². The maximum Gasteiger partial charge on any atom is 0.138 e. The first kappa shape index (κ1) is 13.2. The number of ether oxygens (including phenoxy) is 1. The molecule has 5 nitrogen and oxygen atoms in total. The number of aromatic nitrogens is 1. The van der Waals surface area contributed by atoms with Crippen LogP contribution in [0.4, 0.5) is 5.82 Å². The van der Waals surface area contributed by atoms with Crippen molar-refractivity contribution in [3.8, 4) is 0 Å². The quantitative estimate of drug-likeness (QED) is 0.768. The van der Waals surface area contributed by atoms with Gasteiger partial charge in [0.25, 0.3) is 0 Å². The Morgan fingerprint density at radius 1 is 1.67 bits per heavy atom. The molecule has 0 amide bonds. The van der Waals surface area contributed by atoms with Crippen molar-refractivity contribution in [3.63, 3.8) is 0 Å². The lowest BCUT2D eigenvalue weighted by Gasteiger charge is -2.37. The second kappa shape index (κ2) is 5.60. The lowest BCUT2D eigenvalue weighted by Crippen LogP contribution is -2.48. The Kier molecular flexibility index (Phi) is 4.11. The van der Waals surface area contributed by atoms with Crippen molar-refractivity contribution < 1.29 is 9.84 Å². The number of pyridine rings is 1. The molecule has 0 radical (unpaired) electrons. The van der Waals surface area contributed by atoms with E-state index in [1.807, 2.05) is 19.1 Å². The van der Waals surface area contributed by atoms with E-state index in [9.17, 15) is 5.11 Å². The van der Waals surface area contributed by atoms with E-state index in [-0.39, 0.29) is 18.8 Å². The average Bonchev–Trinajstić information content (AvgIpc) is 2.38. The van der Waals surface area contributed by atoms with Crippen LogP contribution in [-0.2, 0) is 4.74 Å². The molecule has 1 aromatic heterocycles. The standard InChI is InChI=1S/C12H17N3O2S/c1-8-5-15(6-9(7-16)17-8)12-10(11(13)18)3-2-4-14-12/h2-4,8-9,16H,5-7H2,1H3,(H2,13,18). The van der Waals surface area contributed by atoms with Gasteiger partial charge < -0.3 is 20.5 Å². The smallest absolute Gasteiger partial charge is 0.138 e. The van der Waals surface area contributed by atoms with Crippen LogP contribution in [0.2, 0.25) is 0 Å². The summed E-state index contributed by atoms with van der Waals surface area (Å²) in [5.41, 5.74) is 6.47. The van der Waals surface area contributed by atoms with E-state index in [1.54, 1.807) is 6.20 Å². The van der Waals surface area contributed by atoms with Gasteiger partial charge in [0, 0.05) is 19.3 Å². The Hall–Kier alpha value is -1.24. The zero-order chi connectivity index (χ0) is 13.1. The summed E-state index contributed by atoms with van der Waals surface area (Å²) >= 11 is 5.04. The molecule has 0 saturated carbocycles. The van der Waals surface area contributed by atoms with Crippen LogP contribution in [-0.4, -0.2) is 47.0 Å². The molecule has 1 aliphatic heterocycles. The van der Waals surface area contributed by atoms with Crippen LogP contribution < -0.4 is 10.6 Å². The fraction of sp³-hybridized carbons (Fsp3) is 0.500. The lowest BCUT2D eigenvalue weighted by molar-refractivity contribution is -0.0423. The predicted molar refractivity (Wildman–Crippen MR) is 73.8 cm³/mol. The zero-order valence-electron chi connectivity index (χ0n) is 10.2. The van der Waals surface area contributed by atoms with Crippen LogP contribution in [0.3, 0.4) is 0 Å². The Bertz CT molecular complexity index is 441. The minimum absolute atomic E-state index is 0.00389. The van der Waals surface area contributed by atoms with Gasteiger partial charge in [0.05, 0.1) is 24.4 Å². The first-order valence-electron chi connectivity index (χ1n) is 5.88. The molecule has 2 atom stereocenters. The number of nitrogens with two attached hydrogens (primary N) is 1. The van der Waals surface area contributed by atoms with Crippen molar-refractivity contribution in [2.45, 2.75) is 19.1 Å². The monoisotopic (exact) mass is 267 g/mol. The van der Waals surface area contributed by atoms with Crippen molar-refractivity contribution in [1.29, 1.82) is 0 Å². The first-order valence-corrected chi connectivity index (χ1v) is 6.28. The number of thiocarbonyl (C=S) groups is 1. The number of anilines is 1. The average molecular weight is 267 g/mol. The SMILES string of the molecule is CC1CN(c2ncccc2C(N)=S)CC(CO)O1. The van der Waals surface area contributed by atoms with Gasteiger partial charge in [-0.3, -0.25) is 0 Å². The van der Waals surface area contributed by atoms with E-state index in [0.29, 0.717) is 18.1 Å². The molecule has 1 aromatic rings. The molecule has 2 unspecified atom stereocenters. The van der Waals surface area contributed by atoms with Gasteiger partial charge in [-0.05, 0) is 19.1 Å². The zero-order valence-corrected chi connectivity index (χ0v) is 11.1. The minimum Gasteiger partial charge on any atom is -0.394 e. The molecule has 3 N–H and O–H groups in total. The van der Waals surface area contributed by atoms with Crippen molar-refractivity contribution in [2.24, 2.45) is 5.73 Å². The van der Waals surface area contributed by atoms with Crippen molar-refractivity contribution in [1.82, 2.24) is 4.98 Å². The summed E-state index contributed by atoms with van der Waals surface area (Å²) < 4.78 is 5.60. The number of aliphatic hydroxyl groups is 1. The minimum atomic E-state index is -0.199. The summed E-state index contributed by atoms with van der Waals surface area (Å²) in [6, 6.07) is 3.67. The molecule has 0 bridgehead atoms. The molecule has 18 heavy (non-hydrogen) atoms. The fourth-order valence-electron chi connectivity index (χ4n) is 2.16. The maximum atomic E-state index is 9.23. The molecular weight excluding hydrogens is 250 g/mol. The van der Waals surface area contributed by atoms with Gasteiger partial charge in [-0.25, -0.2) is 4.98 Å². The molecule has 2 heterocycles. The third-order valence-corrected chi connectivity index (χ3v) is 3.10. The van der Waals surface area contributed by atoms with Gasteiger partial charge in [0.2, 0.25) is 0 Å². The van der Waals surface area contributed by atoms with E-state index < -0.39 is 0 Å². The molecule has 6 heteroatoms. The van der Waals surface area contributed by atoms with E-state index in [1.165, 1.54) is 0 Å². The Morgan fingerprint density at radius 3 is 3.11 bits per heavy atom. The third-order valence-electron chi connectivity index (χ3n) is 2.88. The maximum absolute atomic E-state index is 9.23. The Balaban J connectivity index is 2.27. The van der Waals surface area contributed by atoms with Gasteiger partial charge in [-0.2, -0.15) is 0 Å². The number of morpholine rings is 1. The summed E-state index contributed by atoms with van der Waals surface area (Å²) in [4.78, 5) is 6.74. The van der Waals surface area contributed by atoms with Gasteiger partial charge >= 0.3 is 0 Å².